The maximum atomic E-state index is 12.4. The van der Waals surface area contributed by atoms with Crippen molar-refractivity contribution < 1.29 is 19.1 Å². The number of nitrogens with one attached hydrogen (secondary N) is 1. The number of ether oxygens (including phenoxy) is 1. The first-order chi connectivity index (χ1) is 11.3. The van der Waals surface area contributed by atoms with Crippen LogP contribution < -0.4 is 5.32 Å². The lowest BCUT2D eigenvalue weighted by Crippen LogP contribution is -2.16. The van der Waals surface area contributed by atoms with E-state index in [2.05, 4.69) is 21.2 Å². The van der Waals surface area contributed by atoms with Crippen molar-refractivity contribution in [1.29, 1.82) is 0 Å². The van der Waals surface area contributed by atoms with Gasteiger partial charge in [-0.25, -0.2) is 4.79 Å². The summed E-state index contributed by atoms with van der Waals surface area (Å²) in [7, 11) is 0. The number of rotatable bonds is 5. The summed E-state index contributed by atoms with van der Waals surface area (Å²) in [5.41, 5.74) is 1.50. The van der Waals surface area contributed by atoms with E-state index in [9.17, 15) is 14.4 Å². The Bertz CT molecular complexity index is 813. The zero-order valence-electron chi connectivity index (χ0n) is 13.4. The van der Waals surface area contributed by atoms with E-state index in [-0.39, 0.29) is 18.3 Å². The number of hydrogen-bond acceptors (Lipinski definition) is 5. The number of thiophene rings is 1. The SMILES string of the molecule is CC(=O)Nc1sc(C)c(C)c1C(=O)OCC(=O)c1cccc(Br)c1. The van der Waals surface area contributed by atoms with E-state index in [1.807, 2.05) is 6.92 Å². The Kier molecular flexibility index (Phi) is 5.90. The molecule has 5 nitrogen and oxygen atoms in total. The molecule has 1 amide bonds. The molecule has 0 atom stereocenters. The highest BCUT2D eigenvalue weighted by molar-refractivity contribution is 9.10. The zero-order valence-corrected chi connectivity index (χ0v) is 15.8. The molecule has 2 aromatic rings. The Morgan fingerprint density at radius 1 is 1.25 bits per heavy atom. The van der Waals surface area contributed by atoms with Gasteiger partial charge in [0.15, 0.2) is 12.4 Å². The Balaban J connectivity index is 2.13. The minimum absolute atomic E-state index is 0.268. The molecule has 7 heteroatoms. The van der Waals surface area contributed by atoms with Crippen molar-refractivity contribution in [1.82, 2.24) is 0 Å². The number of benzene rings is 1. The molecule has 0 aliphatic rings. The summed E-state index contributed by atoms with van der Waals surface area (Å²) in [5, 5.41) is 3.07. The zero-order chi connectivity index (χ0) is 17.9. The van der Waals surface area contributed by atoms with Gasteiger partial charge in [-0.2, -0.15) is 0 Å². The molecule has 0 spiro atoms. The molecule has 0 aliphatic carbocycles. The Morgan fingerprint density at radius 3 is 2.58 bits per heavy atom. The van der Waals surface area contributed by atoms with Crippen molar-refractivity contribution in [3.8, 4) is 0 Å². The number of aryl methyl sites for hydroxylation is 1. The van der Waals surface area contributed by atoms with Gasteiger partial charge < -0.3 is 10.1 Å². The van der Waals surface area contributed by atoms with Crippen LogP contribution in [0.4, 0.5) is 5.00 Å². The summed E-state index contributed by atoms with van der Waals surface area (Å²) in [6.45, 7) is 4.65. The second-order valence-corrected chi connectivity index (χ2v) is 7.32. The van der Waals surface area contributed by atoms with E-state index >= 15 is 0 Å². The van der Waals surface area contributed by atoms with Gasteiger partial charge in [-0.05, 0) is 31.5 Å². The smallest absolute Gasteiger partial charge is 0.341 e. The van der Waals surface area contributed by atoms with E-state index in [0.29, 0.717) is 16.1 Å². The van der Waals surface area contributed by atoms with Gasteiger partial charge in [-0.1, -0.05) is 28.1 Å². The van der Waals surface area contributed by atoms with Crippen molar-refractivity contribution in [2.24, 2.45) is 0 Å². The van der Waals surface area contributed by atoms with Gasteiger partial charge in [-0.15, -0.1) is 11.3 Å². The molecule has 1 aromatic carbocycles. The topological polar surface area (TPSA) is 72.5 Å². The van der Waals surface area contributed by atoms with Gasteiger partial charge in [0.2, 0.25) is 5.91 Å². The first kappa shape index (κ1) is 18.4. The molecule has 0 saturated heterocycles. The first-order valence-electron chi connectivity index (χ1n) is 7.13. The van der Waals surface area contributed by atoms with Gasteiger partial charge in [-0.3, -0.25) is 9.59 Å². The second-order valence-electron chi connectivity index (χ2n) is 5.18. The molecule has 2 rings (SSSR count). The van der Waals surface area contributed by atoms with Crippen molar-refractivity contribution in [2.75, 3.05) is 11.9 Å². The highest BCUT2D eigenvalue weighted by atomic mass is 79.9. The fraction of sp³-hybridized carbons (Fsp3) is 0.235. The van der Waals surface area contributed by atoms with E-state index in [0.717, 1.165) is 14.9 Å². The molecule has 24 heavy (non-hydrogen) atoms. The summed E-state index contributed by atoms with van der Waals surface area (Å²) in [5.74, 6) is -1.19. The van der Waals surface area contributed by atoms with E-state index < -0.39 is 5.97 Å². The van der Waals surface area contributed by atoms with E-state index in [1.165, 1.54) is 18.3 Å². The number of carbonyl (C=O) groups is 3. The van der Waals surface area contributed by atoms with Crippen LogP contribution in [0.15, 0.2) is 28.7 Å². The van der Waals surface area contributed by atoms with Crippen molar-refractivity contribution in [2.45, 2.75) is 20.8 Å². The van der Waals surface area contributed by atoms with E-state index in [4.69, 9.17) is 4.74 Å². The predicted molar refractivity (Wildman–Crippen MR) is 96.9 cm³/mol. The number of amides is 1. The van der Waals surface area contributed by atoms with Crippen LogP contribution in [-0.2, 0) is 9.53 Å². The molecule has 1 aromatic heterocycles. The predicted octanol–water partition coefficient (Wildman–Crippen LogP) is 4.13. The van der Waals surface area contributed by atoms with Crippen LogP contribution in [0.2, 0.25) is 0 Å². The maximum Gasteiger partial charge on any atom is 0.341 e. The normalized spacial score (nSPS) is 10.3. The quantitative estimate of drug-likeness (QED) is 0.595. The average molecular weight is 410 g/mol. The lowest BCUT2D eigenvalue weighted by atomic mass is 10.1. The summed E-state index contributed by atoms with van der Waals surface area (Å²) in [4.78, 5) is 36.7. The van der Waals surface area contributed by atoms with Crippen LogP contribution in [0.3, 0.4) is 0 Å². The molecule has 0 fully saturated rings. The lowest BCUT2D eigenvalue weighted by Gasteiger charge is -2.07. The molecular weight excluding hydrogens is 394 g/mol. The monoisotopic (exact) mass is 409 g/mol. The Morgan fingerprint density at radius 2 is 1.96 bits per heavy atom. The third kappa shape index (κ3) is 4.30. The third-order valence-electron chi connectivity index (χ3n) is 3.36. The highest BCUT2D eigenvalue weighted by Crippen LogP contribution is 2.33. The van der Waals surface area contributed by atoms with Crippen LogP contribution in [0, 0.1) is 13.8 Å². The summed E-state index contributed by atoms with van der Waals surface area (Å²) in [6, 6.07) is 6.86. The van der Waals surface area contributed by atoms with Gasteiger partial charge in [0.1, 0.15) is 5.00 Å². The number of anilines is 1. The fourth-order valence-corrected chi connectivity index (χ4v) is 3.56. The Labute approximate surface area is 152 Å². The number of Topliss-reactive ketones (excluding diaryl/α,β-unsaturated/α-hetero) is 1. The van der Waals surface area contributed by atoms with E-state index in [1.54, 1.807) is 31.2 Å². The first-order valence-corrected chi connectivity index (χ1v) is 8.74. The molecule has 0 saturated carbocycles. The average Bonchev–Trinajstić information content (AvgIpc) is 2.78. The Hall–Kier alpha value is -1.99. The molecular formula is C17H16BrNO4S. The van der Waals surface area contributed by atoms with Gasteiger partial charge in [0.05, 0.1) is 5.56 Å². The summed E-state index contributed by atoms with van der Waals surface area (Å²) in [6.07, 6.45) is 0. The molecule has 0 unspecified atom stereocenters. The molecule has 0 aliphatic heterocycles. The number of halogens is 1. The van der Waals surface area contributed by atoms with Crippen LogP contribution >= 0.6 is 27.3 Å². The maximum absolute atomic E-state index is 12.4. The van der Waals surface area contributed by atoms with Crippen LogP contribution in [0.25, 0.3) is 0 Å². The molecule has 126 valence electrons. The van der Waals surface area contributed by atoms with Crippen LogP contribution in [0.1, 0.15) is 38.1 Å². The number of carbonyl (C=O) groups excluding carboxylic acids is 3. The molecule has 1 N–H and O–H groups in total. The number of esters is 1. The second kappa shape index (κ2) is 7.72. The lowest BCUT2D eigenvalue weighted by molar-refractivity contribution is -0.114. The number of hydrogen-bond donors (Lipinski definition) is 1. The van der Waals surface area contributed by atoms with Gasteiger partial charge in [0.25, 0.3) is 0 Å². The van der Waals surface area contributed by atoms with Crippen molar-refractivity contribution in [3.63, 3.8) is 0 Å². The van der Waals surface area contributed by atoms with Gasteiger partial charge in [0, 0.05) is 21.8 Å². The highest BCUT2D eigenvalue weighted by Gasteiger charge is 2.22. The number of ketones is 1. The minimum Gasteiger partial charge on any atom is -0.454 e. The summed E-state index contributed by atoms with van der Waals surface area (Å²) < 4.78 is 5.93. The third-order valence-corrected chi connectivity index (χ3v) is 4.98. The van der Waals surface area contributed by atoms with Crippen LogP contribution in [-0.4, -0.2) is 24.3 Å². The molecule has 1 heterocycles. The minimum atomic E-state index is -0.621. The summed E-state index contributed by atoms with van der Waals surface area (Å²) >= 11 is 4.60. The van der Waals surface area contributed by atoms with Crippen molar-refractivity contribution in [3.05, 3.63) is 50.3 Å². The fourth-order valence-electron chi connectivity index (χ4n) is 2.07. The van der Waals surface area contributed by atoms with Crippen molar-refractivity contribution >= 4 is 49.9 Å². The van der Waals surface area contributed by atoms with Crippen LogP contribution in [0.5, 0.6) is 0 Å². The van der Waals surface area contributed by atoms with Gasteiger partial charge >= 0.3 is 5.97 Å². The largest absolute Gasteiger partial charge is 0.454 e. The molecule has 0 radical (unpaired) electrons. The molecule has 0 bridgehead atoms. The standard InChI is InChI=1S/C17H16BrNO4S/c1-9-10(2)24-16(19-11(3)20)15(9)17(22)23-8-14(21)12-5-4-6-13(18)7-12/h4-7H,8H2,1-3H3,(H,19,20).